The van der Waals surface area contributed by atoms with Gasteiger partial charge >= 0.3 is 0 Å². The molecule has 46 heavy (non-hydrogen) atoms. The van der Waals surface area contributed by atoms with Crippen molar-refractivity contribution in [2.75, 3.05) is 10.8 Å². The summed E-state index contributed by atoms with van der Waals surface area (Å²) in [6.07, 6.45) is 0.826. The zero-order chi connectivity index (χ0) is 33.4. The standard InChI is InChI=1S/C34H33Cl4N3O4S/c1-3-23(2)39-34(43)32(18-24-10-6-4-7-11-24)40(21-25-14-15-26(35)19-29(25)37)33(42)22-41(31-17-16-27(36)20-30(31)38)46(44,45)28-12-8-5-9-13-28/h4-17,19-20,23,32H,3,18,21-22H2,1-2H3,(H,39,43)/t23-,32-/m1/s1. The van der Waals surface area contributed by atoms with Gasteiger partial charge in [0.25, 0.3) is 10.0 Å². The quantitative estimate of drug-likeness (QED) is 0.152. The third-order valence-corrected chi connectivity index (χ3v) is 10.3. The van der Waals surface area contributed by atoms with Crippen molar-refractivity contribution < 1.29 is 18.0 Å². The summed E-state index contributed by atoms with van der Waals surface area (Å²) in [4.78, 5) is 29.8. The molecule has 12 heteroatoms. The number of sulfonamides is 1. The van der Waals surface area contributed by atoms with Gasteiger partial charge in [0.2, 0.25) is 11.8 Å². The number of hydrogen-bond donors (Lipinski definition) is 1. The van der Waals surface area contributed by atoms with Crippen LogP contribution >= 0.6 is 46.4 Å². The summed E-state index contributed by atoms with van der Waals surface area (Å²) in [7, 11) is -4.32. The van der Waals surface area contributed by atoms with Crippen LogP contribution in [0.25, 0.3) is 0 Å². The monoisotopic (exact) mass is 719 g/mol. The Morgan fingerprint density at radius 2 is 1.39 bits per heavy atom. The topological polar surface area (TPSA) is 86.8 Å². The fraction of sp³-hybridized carbons (Fsp3) is 0.235. The van der Waals surface area contributed by atoms with Crippen LogP contribution in [0.4, 0.5) is 5.69 Å². The summed E-state index contributed by atoms with van der Waals surface area (Å²) >= 11 is 25.4. The number of anilines is 1. The van der Waals surface area contributed by atoms with E-state index in [1.807, 2.05) is 44.2 Å². The van der Waals surface area contributed by atoms with Crippen LogP contribution in [0.3, 0.4) is 0 Å². The Hall–Kier alpha value is -3.27. The molecule has 0 aliphatic heterocycles. The van der Waals surface area contributed by atoms with E-state index < -0.39 is 34.4 Å². The first-order valence-electron chi connectivity index (χ1n) is 14.5. The fourth-order valence-corrected chi connectivity index (χ4v) is 7.23. The maximum absolute atomic E-state index is 14.6. The maximum atomic E-state index is 14.6. The largest absolute Gasteiger partial charge is 0.352 e. The lowest BCUT2D eigenvalue weighted by Gasteiger charge is -2.34. The minimum Gasteiger partial charge on any atom is -0.352 e. The van der Waals surface area contributed by atoms with Crippen molar-refractivity contribution in [1.29, 1.82) is 0 Å². The summed E-state index contributed by atoms with van der Waals surface area (Å²) in [6, 6.07) is 25.0. The van der Waals surface area contributed by atoms with E-state index >= 15 is 0 Å². The third kappa shape index (κ3) is 8.96. The van der Waals surface area contributed by atoms with Crippen LogP contribution in [-0.4, -0.2) is 43.8 Å². The van der Waals surface area contributed by atoms with Gasteiger partial charge < -0.3 is 10.2 Å². The number of carbonyl (C=O) groups excluding carboxylic acids is 2. The van der Waals surface area contributed by atoms with E-state index in [0.29, 0.717) is 27.1 Å². The smallest absolute Gasteiger partial charge is 0.264 e. The molecule has 0 aliphatic rings. The molecule has 2 amide bonds. The third-order valence-electron chi connectivity index (χ3n) is 7.42. The number of halogens is 4. The van der Waals surface area contributed by atoms with Crippen LogP contribution in [0.15, 0.2) is 102 Å². The van der Waals surface area contributed by atoms with Crippen LogP contribution in [0.2, 0.25) is 20.1 Å². The molecule has 0 bridgehead atoms. The summed E-state index contributed by atoms with van der Waals surface area (Å²) in [6.45, 7) is 3.03. The molecule has 0 aliphatic carbocycles. The second-order valence-corrected chi connectivity index (χ2v) is 14.3. The second-order valence-electron chi connectivity index (χ2n) is 10.7. The first-order chi connectivity index (χ1) is 21.9. The number of hydrogen-bond acceptors (Lipinski definition) is 4. The highest BCUT2D eigenvalue weighted by atomic mass is 35.5. The molecule has 1 N–H and O–H groups in total. The average molecular weight is 722 g/mol. The van der Waals surface area contributed by atoms with Crippen LogP contribution in [0, 0.1) is 0 Å². The molecule has 0 saturated heterocycles. The summed E-state index contributed by atoms with van der Waals surface area (Å²) in [5, 5.41) is 4.01. The van der Waals surface area contributed by atoms with Gasteiger partial charge in [0.1, 0.15) is 12.6 Å². The Labute approximate surface area is 290 Å². The molecule has 0 fully saturated rings. The Balaban J connectivity index is 1.85. The molecule has 0 unspecified atom stereocenters. The molecule has 0 saturated carbocycles. The Kier molecular flexibility index (Phi) is 12.4. The van der Waals surface area contributed by atoms with E-state index in [1.54, 1.807) is 36.4 Å². The normalized spacial score (nSPS) is 12.7. The van der Waals surface area contributed by atoms with Crippen molar-refractivity contribution in [2.24, 2.45) is 0 Å². The van der Waals surface area contributed by atoms with Gasteiger partial charge in [0.05, 0.1) is 15.6 Å². The van der Waals surface area contributed by atoms with E-state index in [0.717, 1.165) is 9.87 Å². The first-order valence-corrected chi connectivity index (χ1v) is 17.5. The lowest BCUT2D eigenvalue weighted by Crippen LogP contribution is -2.54. The Bertz CT molecular complexity index is 1780. The van der Waals surface area contributed by atoms with Gasteiger partial charge in [-0.05, 0) is 66.9 Å². The van der Waals surface area contributed by atoms with E-state index in [9.17, 15) is 18.0 Å². The predicted molar refractivity (Wildman–Crippen MR) is 186 cm³/mol. The fourth-order valence-electron chi connectivity index (χ4n) is 4.75. The Morgan fingerprint density at radius 3 is 1.98 bits per heavy atom. The van der Waals surface area contributed by atoms with Crippen LogP contribution in [-0.2, 0) is 32.6 Å². The molecule has 242 valence electrons. The van der Waals surface area contributed by atoms with Crippen molar-refractivity contribution in [3.8, 4) is 0 Å². The summed E-state index contributed by atoms with van der Waals surface area (Å²) < 4.78 is 29.1. The van der Waals surface area contributed by atoms with Crippen molar-refractivity contribution >= 4 is 73.9 Å². The Morgan fingerprint density at radius 1 is 0.804 bits per heavy atom. The van der Waals surface area contributed by atoms with Crippen LogP contribution < -0.4 is 9.62 Å². The van der Waals surface area contributed by atoms with E-state index in [1.165, 1.54) is 35.2 Å². The van der Waals surface area contributed by atoms with Gasteiger partial charge in [-0.15, -0.1) is 0 Å². The minimum atomic E-state index is -4.32. The molecular weight excluding hydrogens is 688 g/mol. The minimum absolute atomic E-state index is 0.0300. The van der Waals surface area contributed by atoms with Crippen molar-refractivity contribution in [2.45, 2.75) is 50.2 Å². The lowest BCUT2D eigenvalue weighted by molar-refractivity contribution is -0.140. The molecule has 0 spiro atoms. The number of nitrogens with zero attached hydrogens (tertiary/aromatic N) is 2. The van der Waals surface area contributed by atoms with Crippen LogP contribution in [0.5, 0.6) is 0 Å². The van der Waals surface area contributed by atoms with Gasteiger partial charge in [-0.1, -0.05) is 108 Å². The highest BCUT2D eigenvalue weighted by molar-refractivity contribution is 7.92. The number of benzene rings is 4. The summed E-state index contributed by atoms with van der Waals surface area (Å²) in [5.74, 6) is -1.05. The highest BCUT2D eigenvalue weighted by Crippen LogP contribution is 2.33. The van der Waals surface area contributed by atoms with Gasteiger partial charge in [-0.3, -0.25) is 13.9 Å². The molecule has 0 heterocycles. The molecule has 4 aromatic rings. The number of amides is 2. The molecule has 0 radical (unpaired) electrons. The van der Waals surface area contributed by atoms with Gasteiger partial charge in [-0.2, -0.15) is 0 Å². The van der Waals surface area contributed by atoms with E-state index in [4.69, 9.17) is 46.4 Å². The number of rotatable bonds is 13. The van der Waals surface area contributed by atoms with Gasteiger partial charge in [-0.25, -0.2) is 8.42 Å². The van der Waals surface area contributed by atoms with E-state index in [-0.39, 0.29) is 34.6 Å². The first kappa shape index (κ1) is 35.6. The molecule has 4 rings (SSSR count). The van der Waals surface area contributed by atoms with Crippen molar-refractivity contribution in [1.82, 2.24) is 10.2 Å². The number of nitrogens with one attached hydrogen (secondary N) is 1. The SMILES string of the molecule is CC[C@@H](C)NC(=O)[C@@H](Cc1ccccc1)N(Cc1ccc(Cl)cc1Cl)C(=O)CN(c1ccc(Cl)cc1Cl)S(=O)(=O)c1ccccc1. The molecule has 4 aromatic carbocycles. The number of carbonyl (C=O) groups is 2. The van der Waals surface area contributed by atoms with Crippen LogP contribution in [0.1, 0.15) is 31.4 Å². The van der Waals surface area contributed by atoms with Gasteiger partial charge in [0, 0.05) is 34.1 Å². The lowest BCUT2D eigenvalue weighted by atomic mass is 10.0. The second kappa shape index (κ2) is 16.0. The predicted octanol–water partition coefficient (Wildman–Crippen LogP) is 8.05. The average Bonchev–Trinajstić information content (AvgIpc) is 3.03. The molecule has 2 atom stereocenters. The maximum Gasteiger partial charge on any atom is 0.264 e. The molecule has 0 aromatic heterocycles. The zero-order valence-corrected chi connectivity index (χ0v) is 29.0. The summed E-state index contributed by atoms with van der Waals surface area (Å²) in [5.41, 5.74) is 1.38. The van der Waals surface area contributed by atoms with Crippen molar-refractivity contribution in [3.05, 3.63) is 128 Å². The molecular formula is C34H33Cl4N3O4S. The van der Waals surface area contributed by atoms with Gasteiger partial charge in [0.15, 0.2) is 0 Å². The van der Waals surface area contributed by atoms with E-state index in [2.05, 4.69) is 5.32 Å². The highest BCUT2D eigenvalue weighted by Gasteiger charge is 2.35. The molecule has 7 nitrogen and oxygen atoms in total. The zero-order valence-electron chi connectivity index (χ0n) is 25.2. The van der Waals surface area contributed by atoms with Crippen molar-refractivity contribution in [3.63, 3.8) is 0 Å².